The van der Waals surface area contributed by atoms with E-state index in [2.05, 4.69) is 21.5 Å². The highest BCUT2D eigenvalue weighted by Gasteiger charge is 2.27. The van der Waals surface area contributed by atoms with Crippen LogP contribution >= 0.6 is 0 Å². The van der Waals surface area contributed by atoms with Gasteiger partial charge in [-0.05, 0) is 25.7 Å². The van der Waals surface area contributed by atoms with Crippen LogP contribution in [-0.2, 0) is 18.3 Å². The van der Waals surface area contributed by atoms with Crippen molar-refractivity contribution in [2.75, 3.05) is 33.3 Å². The predicted molar refractivity (Wildman–Crippen MR) is 91.6 cm³/mol. The summed E-state index contributed by atoms with van der Waals surface area (Å²) >= 11 is 0. The Balaban J connectivity index is 1.45. The van der Waals surface area contributed by atoms with E-state index in [4.69, 9.17) is 4.74 Å². The monoisotopic (exact) mass is 335 g/mol. The fraction of sp³-hybridized carbons (Fsp3) is 0.765. The molecule has 7 heteroatoms. The zero-order chi connectivity index (χ0) is 16.9. The van der Waals surface area contributed by atoms with E-state index in [0.29, 0.717) is 6.10 Å². The summed E-state index contributed by atoms with van der Waals surface area (Å²) in [5.41, 5.74) is 1.23. The summed E-state index contributed by atoms with van der Waals surface area (Å²) in [6, 6.07) is 0.345. The lowest BCUT2D eigenvalue weighted by Crippen LogP contribution is -2.45. The molecule has 134 valence electrons. The lowest BCUT2D eigenvalue weighted by atomic mass is 10.2. The van der Waals surface area contributed by atoms with Crippen molar-refractivity contribution in [3.05, 3.63) is 18.0 Å². The number of hydrogen-bond donors (Lipinski definition) is 1. The molecule has 0 aromatic carbocycles. The predicted octanol–water partition coefficient (Wildman–Crippen LogP) is 1.20. The van der Waals surface area contributed by atoms with Crippen LogP contribution in [0.25, 0.3) is 0 Å². The van der Waals surface area contributed by atoms with Crippen molar-refractivity contribution in [2.45, 2.75) is 44.4 Å². The number of urea groups is 1. The molecule has 0 bridgehead atoms. The minimum Gasteiger partial charge on any atom is -0.381 e. The van der Waals surface area contributed by atoms with Gasteiger partial charge in [-0.1, -0.05) is 0 Å². The fourth-order valence-electron chi connectivity index (χ4n) is 3.70. The van der Waals surface area contributed by atoms with E-state index < -0.39 is 0 Å². The molecular formula is C17H29N5O2. The van der Waals surface area contributed by atoms with Gasteiger partial charge in [-0.3, -0.25) is 9.58 Å². The van der Waals surface area contributed by atoms with E-state index in [-0.39, 0.29) is 12.1 Å². The van der Waals surface area contributed by atoms with Crippen LogP contribution in [0.4, 0.5) is 4.79 Å². The molecule has 7 nitrogen and oxygen atoms in total. The number of methoxy groups -OCH3 is 1. The number of carbonyl (C=O) groups excluding carboxylic acids is 1. The maximum atomic E-state index is 12.5. The fourth-order valence-corrected chi connectivity index (χ4v) is 3.70. The van der Waals surface area contributed by atoms with Gasteiger partial charge in [0.05, 0.1) is 12.3 Å². The molecule has 2 fully saturated rings. The zero-order valence-electron chi connectivity index (χ0n) is 14.8. The van der Waals surface area contributed by atoms with E-state index in [0.717, 1.165) is 58.4 Å². The third-order valence-corrected chi connectivity index (χ3v) is 5.09. The first kappa shape index (κ1) is 17.2. The quantitative estimate of drug-likeness (QED) is 0.898. The number of ether oxygens (including phenoxy) is 1. The summed E-state index contributed by atoms with van der Waals surface area (Å²) in [7, 11) is 3.69. The van der Waals surface area contributed by atoms with Gasteiger partial charge in [0, 0.05) is 64.7 Å². The number of aromatic nitrogens is 2. The highest BCUT2D eigenvalue weighted by atomic mass is 16.5. The van der Waals surface area contributed by atoms with Crippen molar-refractivity contribution in [1.82, 2.24) is 24.9 Å². The molecule has 2 amide bonds. The van der Waals surface area contributed by atoms with Gasteiger partial charge >= 0.3 is 6.03 Å². The van der Waals surface area contributed by atoms with E-state index in [9.17, 15) is 4.79 Å². The molecule has 1 saturated heterocycles. The van der Waals surface area contributed by atoms with Gasteiger partial charge in [-0.2, -0.15) is 5.10 Å². The molecule has 0 radical (unpaired) electrons. The largest absolute Gasteiger partial charge is 0.381 e. The Bertz CT molecular complexity index is 547. The van der Waals surface area contributed by atoms with Crippen LogP contribution in [0, 0.1) is 0 Å². The molecule has 24 heavy (non-hydrogen) atoms. The number of nitrogens with zero attached hydrogens (tertiary/aromatic N) is 4. The van der Waals surface area contributed by atoms with Crippen molar-refractivity contribution in [3.63, 3.8) is 0 Å². The summed E-state index contributed by atoms with van der Waals surface area (Å²) in [6.07, 6.45) is 8.28. The minimum absolute atomic E-state index is 0.0833. The van der Waals surface area contributed by atoms with E-state index in [1.165, 1.54) is 5.56 Å². The van der Waals surface area contributed by atoms with Crippen LogP contribution in [0.2, 0.25) is 0 Å². The van der Waals surface area contributed by atoms with E-state index in [1.807, 2.05) is 22.8 Å². The van der Waals surface area contributed by atoms with Crippen molar-refractivity contribution < 1.29 is 9.53 Å². The van der Waals surface area contributed by atoms with Crippen LogP contribution in [-0.4, -0.2) is 71.0 Å². The number of carbonyl (C=O) groups is 1. The smallest absolute Gasteiger partial charge is 0.317 e. The summed E-state index contributed by atoms with van der Waals surface area (Å²) in [5, 5.41) is 7.41. The first-order valence-corrected chi connectivity index (χ1v) is 8.92. The molecule has 2 heterocycles. The minimum atomic E-state index is 0.0833. The lowest BCUT2D eigenvalue weighted by molar-refractivity contribution is 0.107. The molecule has 1 aliphatic carbocycles. The van der Waals surface area contributed by atoms with Crippen LogP contribution in [0.15, 0.2) is 12.4 Å². The highest BCUT2D eigenvalue weighted by molar-refractivity contribution is 5.74. The third-order valence-electron chi connectivity index (χ3n) is 5.09. The molecule has 1 aliphatic heterocycles. The number of nitrogens with one attached hydrogen (secondary N) is 1. The molecule has 2 atom stereocenters. The molecule has 2 aliphatic rings. The maximum Gasteiger partial charge on any atom is 0.317 e. The first-order chi connectivity index (χ1) is 11.6. The molecule has 1 saturated carbocycles. The van der Waals surface area contributed by atoms with Gasteiger partial charge in [-0.25, -0.2) is 4.79 Å². The second-order valence-corrected chi connectivity index (χ2v) is 6.96. The van der Waals surface area contributed by atoms with Crippen molar-refractivity contribution in [3.8, 4) is 0 Å². The van der Waals surface area contributed by atoms with Gasteiger partial charge in [0.15, 0.2) is 0 Å². The standard InChI is InChI=1S/C17H29N5O2/c1-20-12-14(11-18-20)13-21-6-3-7-22(9-8-21)17(23)19-15-4-5-16(10-15)24-2/h11-12,15-16H,3-10,13H2,1-2H3,(H,19,23)/t15-,16-/m1/s1. The molecule has 1 N–H and O–H groups in total. The number of hydrogen-bond acceptors (Lipinski definition) is 4. The summed E-state index contributed by atoms with van der Waals surface area (Å²) in [5.74, 6) is 0. The Hall–Kier alpha value is -1.60. The van der Waals surface area contributed by atoms with E-state index in [1.54, 1.807) is 7.11 Å². The van der Waals surface area contributed by atoms with Crippen LogP contribution < -0.4 is 5.32 Å². The Morgan fingerprint density at radius 3 is 2.92 bits per heavy atom. The second-order valence-electron chi connectivity index (χ2n) is 6.96. The third kappa shape index (κ3) is 4.48. The number of rotatable bonds is 4. The highest BCUT2D eigenvalue weighted by Crippen LogP contribution is 2.21. The Kier molecular flexibility index (Phi) is 5.73. The molecule has 0 unspecified atom stereocenters. The molecule has 1 aromatic rings. The topological polar surface area (TPSA) is 62.6 Å². The Labute approximate surface area is 143 Å². The molecular weight excluding hydrogens is 306 g/mol. The summed E-state index contributed by atoms with van der Waals surface area (Å²) in [4.78, 5) is 16.9. The molecule has 0 spiro atoms. The number of aryl methyl sites for hydroxylation is 1. The first-order valence-electron chi connectivity index (χ1n) is 8.92. The SMILES string of the molecule is CO[C@@H]1CC[C@@H](NC(=O)N2CCCN(Cc3cnn(C)c3)CC2)C1. The lowest BCUT2D eigenvalue weighted by Gasteiger charge is -2.24. The molecule has 1 aromatic heterocycles. The second kappa shape index (κ2) is 7.98. The summed E-state index contributed by atoms with van der Waals surface area (Å²) in [6.45, 7) is 4.45. The van der Waals surface area contributed by atoms with Gasteiger partial charge in [0.1, 0.15) is 0 Å². The zero-order valence-corrected chi connectivity index (χ0v) is 14.8. The average Bonchev–Trinajstić information content (AvgIpc) is 3.11. The van der Waals surface area contributed by atoms with Crippen LogP contribution in [0.1, 0.15) is 31.2 Å². The van der Waals surface area contributed by atoms with Crippen molar-refractivity contribution in [1.29, 1.82) is 0 Å². The Morgan fingerprint density at radius 2 is 2.21 bits per heavy atom. The average molecular weight is 335 g/mol. The van der Waals surface area contributed by atoms with Gasteiger partial charge < -0.3 is 15.0 Å². The van der Waals surface area contributed by atoms with Crippen LogP contribution in [0.3, 0.4) is 0 Å². The van der Waals surface area contributed by atoms with Gasteiger partial charge in [0.25, 0.3) is 0 Å². The van der Waals surface area contributed by atoms with Crippen molar-refractivity contribution in [2.24, 2.45) is 7.05 Å². The van der Waals surface area contributed by atoms with Gasteiger partial charge in [-0.15, -0.1) is 0 Å². The normalized spacial score (nSPS) is 25.7. The number of amides is 2. The van der Waals surface area contributed by atoms with Crippen molar-refractivity contribution >= 4 is 6.03 Å². The van der Waals surface area contributed by atoms with Crippen LogP contribution in [0.5, 0.6) is 0 Å². The van der Waals surface area contributed by atoms with Gasteiger partial charge in [0.2, 0.25) is 0 Å². The van der Waals surface area contributed by atoms with E-state index >= 15 is 0 Å². The Morgan fingerprint density at radius 1 is 1.33 bits per heavy atom. The maximum absolute atomic E-state index is 12.5. The molecule has 3 rings (SSSR count). The summed E-state index contributed by atoms with van der Waals surface area (Å²) < 4.78 is 7.22.